The molecule has 4 nitrogen and oxygen atoms in total. The zero-order valence-electron chi connectivity index (χ0n) is 12.2. The van der Waals surface area contributed by atoms with Crippen LogP contribution in [0.4, 0.5) is 5.13 Å². The van der Waals surface area contributed by atoms with Gasteiger partial charge in [0.05, 0.1) is 7.11 Å². The van der Waals surface area contributed by atoms with Crippen molar-refractivity contribution in [1.82, 2.24) is 4.98 Å². The van der Waals surface area contributed by atoms with E-state index in [-0.39, 0.29) is 5.15 Å². The van der Waals surface area contributed by atoms with Gasteiger partial charge in [0.2, 0.25) is 0 Å². The van der Waals surface area contributed by atoms with Gasteiger partial charge in [0, 0.05) is 13.1 Å². The van der Waals surface area contributed by atoms with E-state index >= 15 is 0 Å². The van der Waals surface area contributed by atoms with Gasteiger partial charge >= 0.3 is 5.97 Å². The van der Waals surface area contributed by atoms with E-state index in [2.05, 4.69) is 23.7 Å². The molecule has 0 spiro atoms. The number of rotatable bonds is 5. The Morgan fingerprint density at radius 3 is 2.85 bits per heavy atom. The van der Waals surface area contributed by atoms with E-state index < -0.39 is 5.97 Å². The molecule has 0 amide bonds. The first-order valence-corrected chi connectivity index (χ1v) is 8.29. The molecule has 2 heterocycles. The summed E-state index contributed by atoms with van der Waals surface area (Å²) in [5.41, 5.74) is 0. The second kappa shape index (κ2) is 6.76. The number of esters is 1. The summed E-state index contributed by atoms with van der Waals surface area (Å²) in [6.07, 6.45) is 3.64. The van der Waals surface area contributed by atoms with Gasteiger partial charge in [0.15, 0.2) is 15.2 Å². The highest BCUT2D eigenvalue weighted by Crippen LogP contribution is 2.36. The lowest BCUT2D eigenvalue weighted by molar-refractivity contribution is 0.0606. The monoisotopic (exact) mass is 316 g/mol. The molecule has 1 aliphatic rings. The standard InChI is InChI=1S/C14H21ClN2O2S/c1-4-9(5-2)10-6-7-17(8-10)14-16-12(15)11(20-14)13(18)19-3/h9-10H,4-8H2,1-3H3. The van der Waals surface area contributed by atoms with Gasteiger partial charge in [-0.2, -0.15) is 0 Å². The van der Waals surface area contributed by atoms with Crippen LogP contribution in [-0.2, 0) is 4.74 Å². The molecule has 6 heteroatoms. The van der Waals surface area contributed by atoms with Crippen molar-refractivity contribution in [3.05, 3.63) is 10.0 Å². The van der Waals surface area contributed by atoms with Crippen LogP contribution >= 0.6 is 22.9 Å². The van der Waals surface area contributed by atoms with Crippen molar-refractivity contribution in [1.29, 1.82) is 0 Å². The molecular formula is C14H21ClN2O2S. The Morgan fingerprint density at radius 2 is 2.25 bits per heavy atom. The van der Waals surface area contributed by atoms with Crippen molar-refractivity contribution in [2.75, 3.05) is 25.1 Å². The summed E-state index contributed by atoms with van der Waals surface area (Å²) in [4.78, 5) is 18.5. The first kappa shape index (κ1) is 15.6. The summed E-state index contributed by atoms with van der Waals surface area (Å²) in [6.45, 7) is 6.52. The van der Waals surface area contributed by atoms with Gasteiger partial charge in [0.1, 0.15) is 0 Å². The number of thiazole rings is 1. The molecule has 0 aromatic carbocycles. The first-order chi connectivity index (χ1) is 9.60. The van der Waals surface area contributed by atoms with Crippen LogP contribution in [0.2, 0.25) is 5.15 Å². The maximum atomic E-state index is 11.6. The van der Waals surface area contributed by atoms with Gasteiger partial charge in [0.25, 0.3) is 0 Å². The second-order valence-corrected chi connectivity index (χ2v) is 6.51. The Hall–Kier alpha value is -0.810. The predicted molar refractivity (Wildman–Crippen MR) is 82.9 cm³/mol. The minimum atomic E-state index is -0.408. The van der Waals surface area contributed by atoms with E-state index in [1.807, 2.05) is 0 Å². The van der Waals surface area contributed by atoms with Crippen molar-refractivity contribution in [3.63, 3.8) is 0 Å². The highest BCUT2D eigenvalue weighted by Gasteiger charge is 2.30. The molecule has 1 aromatic heterocycles. The number of halogens is 1. The normalized spacial score (nSPS) is 18.9. The van der Waals surface area contributed by atoms with Crippen LogP contribution in [0.5, 0.6) is 0 Å². The number of carbonyl (C=O) groups is 1. The van der Waals surface area contributed by atoms with E-state index in [1.54, 1.807) is 0 Å². The molecule has 0 saturated carbocycles. The second-order valence-electron chi connectivity index (χ2n) is 5.18. The third-order valence-electron chi connectivity index (χ3n) is 4.16. The number of hydrogen-bond acceptors (Lipinski definition) is 5. The summed E-state index contributed by atoms with van der Waals surface area (Å²) in [5, 5.41) is 1.09. The predicted octanol–water partition coefficient (Wildman–Crippen LogP) is 3.85. The molecule has 1 aromatic rings. The maximum Gasteiger partial charge on any atom is 0.351 e. The molecule has 0 radical (unpaired) electrons. The lowest BCUT2D eigenvalue weighted by Crippen LogP contribution is -2.22. The molecule has 0 aliphatic carbocycles. The Bertz CT molecular complexity index is 474. The van der Waals surface area contributed by atoms with Crippen molar-refractivity contribution in [2.24, 2.45) is 11.8 Å². The lowest BCUT2D eigenvalue weighted by atomic mass is 9.87. The highest BCUT2D eigenvalue weighted by atomic mass is 35.5. The van der Waals surface area contributed by atoms with Crippen LogP contribution < -0.4 is 4.90 Å². The smallest absolute Gasteiger partial charge is 0.351 e. The summed E-state index contributed by atoms with van der Waals surface area (Å²) >= 11 is 7.35. The van der Waals surface area contributed by atoms with E-state index in [0.29, 0.717) is 10.8 Å². The molecule has 2 rings (SSSR count). The Labute approximate surface area is 129 Å². The average molecular weight is 317 g/mol. The number of aromatic nitrogens is 1. The largest absolute Gasteiger partial charge is 0.465 e. The topological polar surface area (TPSA) is 42.4 Å². The third kappa shape index (κ3) is 3.09. The van der Waals surface area contributed by atoms with Crippen LogP contribution in [0.1, 0.15) is 42.8 Å². The van der Waals surface area contributed by atoms with Gasteiger partial charge in [-0.15, -0.1) is 0 Å². The SMILES string of the molecule is CCC(CC)C1CCN(c2nc(Cl)c(C(=O)OC)s2)C1. The number of anilines is 1. The van der Waals surface area contributed by atoms with Gasteiger partial charge < -0.3 is 9.64 Å². The van der Waals surface area contributed by atoms with E-state index in [0.717, 1.165) is 24.1 Å². The number of carbonyl (C=O) groups excluding carboxylic acids is 1. The molecule has 0 bridgehead atoms. The quantitative estimate of drug-likeness (QED) is 0.774. The fraction of sp³-hybridized carbons (Fsp3) is 0.714. The highest BCUT2D eigenvalue weighted by molar-refractivity contribution is 7.18. The summed E-state index contributed by atoms with van der Waals surface area (Å²) in [7, 11) is 1.36. The molecule has 112 valence electrons. The average Bonchev–Trinajstić information content (AvgIpc) is 3.06. The van der Waals surface area contributed by atoms with Crippen molar-refractivity contribution in [3.8, 4) is 0 Å². The fourth-order valence-corrected chi connectivity index (χ4v) is 4.18. The number of methoxy groups -OCH3 is 1. The number of ether oxygens (including phenoxy) is 1. The van der Waals surface area contributed by atoms with Gasteiger partial charge in [-0.3, -0.25) is 0 Å². The zero-order valence-corrected chi connectivity index (χ0v) is 13.8. The molecule has 1 atom stereocenters. The molecule has 0 N–H and O–H groups in total. The van der Waals surface area contributed by atoms with E-state index in [4.69, 9.17) is 16.3 Å². The number of hydrogen-bond donors (Lipinski definition) is 0. The summed E-state index contributed by atoms with van der Waals surface area (Å²) in [6, 6.07) is 0. The van der Waals surface area contributed by atoms with Crippen LogP contribution in [0.15, 0.2) is 0 Å². The Morgan fingerprint density at radius 1 is 1.55 bits per heavy atom. The third-order valence-corrected chi connectivity index (χ3v) is 5.64. The van der Waals surface area contributed by atoms with Gasteiger partial charge in [-0.1, -0.05) is 49.6 Å². The molecule has 1 unspecified atom stereocenters. The maximum absolute atomic E-state index is 11.6. The lowest BCUT2D eigenvalue weighted by Gasteiger charge is -2.21. The fourth-order valence-electron chi connectivity index (χ4n) is 2.95. The Kier molecular flexibility index (Phi) is 5.27. The number of nitrogens with zero attached hydrogens (tertiary/aromatic N) is 2. The molecule has 1 saturated heterocycles. The van der Waals surface area contributed by atoms with Crippen molar-refractivity contribution in [2.45, 2.75) is 33.1 Å². The first-order valence-electron chi connectivity index (χ1n) is 7.10. The van der Waals surface area contributed by atoms with Crippen LogP contribution in [0.25, 0.3) is 0 Å². The molecule has 1 fully saturated rings. The molecule has 20 heavy (non-hydrogen) atoms. The van der Waals surface area contributed by atoms with Gasteiger partial charge in [-0.05, 0) is 18.3 Å². The minimum Gasteiger partial charge on any atom is -0.465 e. The van der Waals surface area contributed by atoms with Crippen molar-refractivity contribution >= 4 is 34.0 Å². The zero-order chi connectivity index (χ0) is 14.7. The van der Waals surface area contributed by atoms with Crippen LogP contribution in [0.3, 0.4) is 0 Å². The minimum absolute atomic E-state index is 0.253. The van der Waals surface area contributed by atoms with Crippen LogP contribution in [0, 0.1) is 11.8 Å². The summed E-state index contributed by atoms with van der Waals surface area (Å²) < 4.78 is 4.72. The van der Waals surface area contributed by atoms with Gasteiger partial charge in [-0.25, -0.2) is 9.78 Å². The molecular weight excluding hydrogens is 296 g/mol. The van der Waals surface area contributed by atoms with E-state index in [9.17, 15) is 4.79 Å². The molecule has 1 aliphatic heterocycles. The summed E-state index contributed by atoms with van der Waals surface area (Å²) in [5.74, 6) is 1.08. The Balaban J connectivity index is 2.09. The van der Waals surface area contributed by atoms with Crippen LogP contribution in [-0.4, -0.2) is 31.2 Å². The van der Waals surface area contributed by atoms with Crippen molar-refractivity contribution < 1.29 is 9.53 Å². The van der Waals surface area contributed by atoms with E-state index in [1.165, 1.54) is 37.7 Å².